The Morgan fingerprint density at radius 2 is 1.73 bits per heavy atom. The van der Waals surface area contributed by atoms with Gasteiger partial charge in [0.05, 0.1) is 6.04 Å². The van der Waals surface area contributed by atoms with Gasteiger partial charge in [0.1, 0.15) is 0 Å². The highest BCUT2D eigenvalue weighted by Gasteiger charge is 2.34. The van der Waals surface area contributed by atoms with Gasteiger partial charge in [-0.1, -0.05) is 42.5 Å². The largest absolute Gasteiger partial charge is 0.465 e. The molecule has 0 bridgehead atoms. The van der Waals surface area contributed by atoms with Crippen LogP contribution < -0.4 is 4.90 Å². The maximum atomic E-state index is 11.4. The molecule has 1 unspecified atom stereocenters. The van der Waals surface area contributed by atoms with Crippen molar-refractivity contribution in [2.45, 2.75) is 12.5 Å². The number of piperazine rings is 1. The van der Waals surface area contributed by atoms with Crippen LogP contribution in [0.3, 0.4) is 0 Å². The van der Waals surface area contributed by atoms with E-state index in [9.17, 15) is 9.90 Å². The van der Waals surface area contributed by atoms with Crippen LogP contribution in [-0.4, -0.2) is 35.7 Å². The fraction of sp³-hybridized carbons (Fsp3) is 0.278. The molecule has 1 atom stereocenters. The molecule has 0 radical (unpaired) electrons. The molecule has 4 rings (SSSR count). The van der Waals surface area contributed by atoms with Crippen molar-refractivity contribution >= 4 is 11.8 Å². The van der Waals surface area contributed by atoms with Crippen molar-refractivity contribution in [3.05, 3.63) is 65.2 Å². The molecule has 1 saturated heterocycles. The zero-order chi connectivity index (χ0) is 15.1. The summed E-state index contributed by atoms with van der Waals surface area (Å²) in [7, 11) is 0. The smallest absolute Gasteiger partial charge is 0.407 e. The van der Waals surface area contributed by atoms with Gasteiger partial charge in [0.25, 0.3) is 0 Å². The minimum Gasteiger partial charge on any atom is -0.465 e. The first-order valence-corrected chi connectivity index (χ1v) is 7.64. The van der Waals surface area contributed by atoms with Crippen molar-refractivity contribution in [1.29, 1.82) is 0 Å². The number of carboxylic acid groups (broad SMARTS) is 1. The second kappa shape index (κ2) is 5.05. The van der Waals surface area contributed by atoms with Crippen molar-refractivity contribution < 1.29 is 9.90 Å². The summed E-state index contributed by atoms with van der Waals surface area (Å²) >= 11 is 0. The third kappa shape index (κ3) is 2.03. The number of rotatable bonds is 0. The van der Waals surface area contributed by atoms with Gasteiger partial charge in [-0.05, 0) is 29.2 Å². The zero-order valence-corrected chi connectivity index (χ0v) is 12.3. The van der Waals surface area contributed by atoms with E-state index in [4.69, 9.17) is 0 Å². The summed E-state index contributed by atoms with van der Waals surface area (Å²) < 4.78 is 0. The van der Waals surface area contributed by atoms with Crippen LogP contribution in [0.15, 0.2) is 48.5 Å². The number of hydrogen-bond acceptors (Lipinski definition) is 2. The average molecular weight is 294 g/mol. The summed E-state index contributed by atoms with van der Waals surface area (Å²) in [5.41, 5.74) is 5.12. The topological polar surface area (TPSA) is 43.8 Å². The molecule has 0 aliphatic carbocycles. The summed E-state index contributed by atoms with van der Waals surface area (Å²) in [5.74, 6) is 0. The second-order valence-electron chi connectivity index (χ2n) is 5.94. The number of amides is 1. The lowest BCUT2D eigenvalue weighted by Crippen LogP contribution is -2.50. The van der Waals surface area contributed by atoms with E-state index in [1.807, 2.05) is 6.07 Å². The van der Waals surface area contributed by atoms with Gasteiger partial charge in [-0.15, -0.1) is 0 Å². The maximum Gasteiger partial charge on any atom is 0.407 e. The van der Waals surface area contributed by atoms with Crippen molar-refractivity contribution in [2.75, 3.05) is 24.5 Å². The normalized spacial score (nSPS) is 19.7. The summed E-state index contributed by atoms with van der Waals surface area (Å²) in [6.45, 7) is 1.82. The van der Waals surface area contributed by atoms with Crippen molar-refractivity contribution in [2.24, 2.45) is 0 Å². The first-order chi connectivity index (χ1) is 10.7. The van der Waals surface area contributed by atoms with E-state index in [2.05, 4.69) is 47.4 Å². The molecular weight excluding hydrogens is 276 g/mol. The van der Waals surface area contributed by atoms with Crippen LogP contribution >= 0.6 is 0 Å². The molecule has 2 aromatic carbocycles. The number of anilines is 1. The van der Waals surface area contributed by atoms with Gasteiger partial charge in [-0.25, -0.2) is 4.79 Å². The van der Waals surface area contributed by atoms with Gasteiger partial charge in [-0.3, -0.25) is 0 Å². The van der Waals surface area contributed by atoms with Crippen LogP contribution in [0.2, 0.25) is 0 Å². The number of carbonyl (C=O) groups is 1. The van der Waals surface area contributed by atoms with Gasteiger partial charge in [0, 0.05) is 25.3 Å². The molecule has 22 heavy (non-hydrogen) atoms. The van der Waals surface area contributed by atoms with Crippen molar-refractivity contribution in [3.8, 4) is 0 Å². The van der Waals surface area contributed by atoms with Crippen LogP contribution in [0.1, 0.15) is 22.7 Å². The number of hydrogen-bond donors (Lipinski definition) is 1. The maximum absolute atomic E-state index is 11.4. The first kappa shape index (κ1) is 13.2. The van der Waals surface area contributed by atoms with Crippen LogP contribution in [-0.2, 0) is 6.42 Å². The molecule has 0 aromatic heterocycles. The molecule has 2 aliphatic rings. The lowest BCUT2D eigenvalue weighted by atomic mass is 9.96. The lowest BCUT2D eigenvalue weighted by Gasteiger charge is -2.42. The molecule has 0 spiro atoms. The summed E-state index contributed by atoms with van der Waals surface area (Å²) in [6.07, 6.45) is 0.0848. The van der Waals surface area contributed by atoms with Gasteiger partial charge in [0.15, 0.2) is 0 Å². The molecule has 1 fully saturated rings. The zero-order valence-electron chi connectivity index (χ0n) is 12.3. The molecule has 2 heterocycles. The second-order valence-corrected chi connectivity index (χ2v) is 5.94. The minimum atomic E-state index is -0.824. The predicted molar refractivity (Wildman–Crippen MR) is 85.4 cm³/mol. The van der Waals surface area contributed by atoms with E-state index in [1.54, 1.807) is 0 Å². The summed E-state index contributed by atoms with van der Waals surface area (Å²) in [4.78, 5) is 15.3. The van der Waals surface area contributed by atoms with E-state index in [0.717, 1.165) is 13.0 Å². The molecule has 2 aromatic rings. The Bertz CT molecular complexity index is 729. The number of para-hydroxylation sites is 1. The SMILES string of the molecule is O=C(O)N1CCN2c3ccccc3Cc3ccccc3C2C1. The highest BCUT2D eigenvalue weighted by atomic mass is 16.4. The minimum absolute atomic E-state index is 0.102. The van der Waals surface area contributed by atoms with Crippen LogP contribution in [0.25, 0.3) is 0 Å². The van der Waals surface area contributed by atoms with Gasteiger partial charge in [0.2, 0.25) is 0 Å². The Kier molecular flexibility index (Phi) is 3.03. The Morgan fingerprint density at radius 1 is 1.00 bits per heavy atom. The van der Waals surface area contributed by atoms with Crippen LogP contribution in [0, 0.1) is 0 Å². The molecule has 4 heteroatoms. The highest BCUT2D eigenvalue weighted by Crippen LogP contribution is 2.38. The van der Waals surface area contributed by atoms with E-state index >= 15 is 0 Å². The molecular formula is C18H18N2O2. The standard InChI is InChI=1S/C18H18N2O2/c21-18(22)19-9-10-20-16-8-4-2-6-14(16)11-13-5-1-3-7-15(13)17(20)12-19/h1-8,17H,9-12H2,(H,21,22). The van der Waals surface area contributed by atoms with Crippen molar-refractivity contribution in [3.63, 3.8) is 0 Å². The number of fused-ring (bicyclic) bond motifs is 5. The quantitative estimate of drug-likeness (QED) is 0.812. The Morgan fingerprint density at radius 3 is 2.55 bits per heavy atom. The molecule has 4 nitrogen and oxygen atoms in total. The molecule has 1 amide bonds. The third-order valence-electron chi connectivity index (χ3n) is 4.75. The fourth-order valence-electron chi connectivity index (χ4n) is 3.68. The van der Waals surface area contributed by atoms with E-state index in [0.29, 0.717) is 13.1 Å². The van der Waals surface area contributed by atoms with Gasteiger partial charge < -0.3 is 14.9 Å². The van der Waals surface area contributed by atoms with Crippen LogP contribution in [0.4, 0.5) is 10.5 Å². The number of nitrogens with zero attached hydrogens (tertiary/aromatic N) is 2. The Balaban J connectivity index is 1.85. The summed E-state index contributed by atoms with van der Waals surface area (Å²) in [6, 6.07) is 17.0. The molecule has 0 saturated carbocycles. The average Bonchev–Trinajstić information content (AvgIpc) is 2.69. The fourth-order valence-corrected chi connectivity index (χ4v) is 3.68. The van der Waals surface area contributed by atoms with Gasteiger partial charge >= 0.3 is 6.09 Å². The lowest BCUT2D eigenvalue weighted by molar-refractivity contribution is 0.135. The monoisotopic (exact) mass is 294 g/mol. The highest BCUT2D eigenvalue weighted by molar-refractivity contribution is 5.67. The Labute approximate surface area is 129 Å². The number of benzene rings is 2. The van der Waals surface area contributed by atoms with E-state index in [-0.39, 0.29) is 6.04 Å². The van der Waals surface area contributed by atoms with Crippen LogP contribution in [0.5, 0.6) is 0 Å². The molecule has 1 N–H and O–H groups in total. The predicted octanol–water partition coefficient (Wildman–Crippen LogP) is 3.13. The van der Waals surface area contributed by atoms with Crippen molar-refractivity contribution in [1.82, 2.24) is 4.90 Å². The first-order valence-electron chi connectivity index (χ1n) is 7.64. The van der Waals surface area contributed by atoms with E-state index in [1.165, 1.54) is 27.3 Å². The molecule has 2 aliphatic heterocycles. The van der Waals surface area contributed by atoms with Gasteiger partial charge in [-0.2, -0.15) is 0 Å². The van der Waals surface area contributed by atoms with E-state index < -0.39 is 6.09 Å². The Hall–Kier alpha value is -2.49. The summed E-state index contributed by atoms with van der Waals surface area (Å²) in [5, 5.41) is 9.35. The third-order valence-corrected chi connectivity index (χ3v) is 4.75. The molecule has 112 valence electrons.